The molecule has 1 aromatic carbocycles. The lowest BCUT2D eigenvalue weighted by molar-refractivity contribution is 0.354. The Labute approximate surface area is 125 Å². The Morgan fingerprint density at radius 1 is 1.19 bits per heavy atom. The van der Waals surface area contributed by atoms with Gasteiger partial charge < -0.3 is 14.8 Å². The number of anilines is 1. The highest BCUT2D eigenvalue weighted by Gasteiger charge is 2.11. The maximum atomic E-state index is 5.34. The van der Waals surface area contributed by atoms with Crippen LogP contribution in [0.3, 0.4) is 0 Å². The minimum atomic E-state index is 0.290. The van der Waals surface area contributed by atoms with E-state index in [9.17, 15) is 0 Å². The molecule has 1 atom stereocenters. The minimum Gasteiger partial charge on any atom is -0.493 e. The van der Waals surface area contributed by atoms with Gasteiger partial charge in [-0.2, -0.15) is 5.10 Å². The van der Waals surface area contributed by atoms with Crippen LogP contribution in [0, 0.1) is 13.8 Å². The molecule has 1 unspecified atom stereocenters. The lowest BCUT2D eigenvalue weighted by Crippen LogP contribution is -2.19. The zero-order valence-electron chi connectivity index (χ0n) is 13.3. The lowest BCUT2D eigenvalue weighted by Gasteiger charge is -2.16. The second-order valence-electron chi connectivity index (χ2n) is 5.25. The number of nitrogens with one attached hydrogen (secondary N) is 2. The molecule has 0 amide bonds. The Hall–Kier alpha value is -2.17. The fourth-order valence-electron chi connectivity index (χ4n) is 2.42. The van der Waals surface area contributed by atoms with Crippen LogP contribution in [0.1, 0.15) is 23.9 Å². The van der Waals surface area contributed by atoms with Crippen LogP contribution in [0.5, 0.6) is 11.5 Å². The average molecular weight is 289 g/mol. The number of hydrogen-bond donors (Lipinski definition) is 2. The molecule has 5 nitrogen and oxygen atoms in total. The summed E-state index contributed by atoms with van der Waals surface area (Å²) in [6, 6.07) is 6.31. The maximum Gasteiger partial charge on any atom is 0.160 e. The molecule has 2 N–H and O–H groups in total. The summed E-state index contributed by atoms with van der Waals surface area (Å²) in [6.07, 6.45) is 0.893. The molecule has 5 heteroatoms. The molecule has 0 aliphatic rings. The fourth-order valence-corrected chi connectivity index (χ4v) is 2.42. The van der Waals surface area contributed by atoms with E-state index in [1.165, 1.54) is 5.56 Å². The highest BCUT2D eigenvalue weighted by Crippen LogP contribution is 2.28. The van der Waals surface area contributed by atoms with Gasteiger partial charge in [0.15, 0.2) is 11.5 Å². The summed E-state index contributed by atoms with van der Waals surface area (Å²) in [5.41, 5.74) is 4.34. The van der Waals surface area contributed by atoms with Crippen molar-refractivity contribution in [1.82, 2.24) is 10.2 Å². The number of benzene rings is 1. The number of hydrogen-bond acceptors (Lipinski definition) is 4. The highest BCUT2D eigenvalue weighted by molar-refractivity contribution is 5.52. The topological polar surface area (TPSA) is 59.2 Å². The van der Waals surface area contributed by atoms with E-state index in [0.29, 0.717) is 0 Å². The van der Waals surface area contributed by atoms with Gasteiger partial charge in [-0.3, -0.25) is 5.10 Å². The second kappa shape index (κ2) is 6.52. The molecular formula is C16H23N3O2. The second-order valence-corrected chi connectivity index (χ2v) is 5.25. The Morgan fingerprint density at radius 3 is 2.48 bits per heavy atom. The summed E-state index contributed by atoms with van der Waals surface area (Å²) in [5.74, 6) is 1.52. The predicted molar refractivity (Wildman–Crippen MR) is 84.4 cm³/mol. The Kier molecular flexibility index (Phi) is 4.73. The van der Waals surface area contributed by atoms with Gasteiger partial charge in [0, 0.05) is 6.04 Å². The molecule has 0 fully saturated rings. The van der Waals surface area contributed by atoms with Gasteiger partial charge in [0.05, 0.1) is 31.3 Å². The van der Waals surface area contributed by atoms with E-state index in [-0.39, 0.29) is 6.04 Å². The molecule has 0 radical (unpaired) electrons. The first kappa shape index (κ1) is 15.2. The van der Waals surface area contributed by atoms with Gasteiger partial charge in [0.1, 0.15) is 0 Å². The molecular weight excluding hydrogens is 266 g/mol. The molecule has 2 aromatic rings. The zero-order chi connectivity index (χ0) is 15.4. The van der Waals surface area contributed by atoms with Crippen molar-refractivity contribution < 1.29 is 9.47 Å². The highest BCUT2D eigenvalue weighted by atomic mass is 16.5. The molecule has 1 heterocycles. The maximum absolute atomic E-state index is 5.34. The number of aromatic amines is 1. The third-order valence-electron chi connectivity index (χ3n) is 3.51. The van der Waals surface area contributed by atoms with Gasteiger partial charge in [0.2, 0.25) is 0 Å². The van der Waals surface area contributed by atoms with Gasteiger partial charge in [-0.1, -0.05) is 6.07 Å². The predicted octanol–water partition coefficient (Wildman–Crippen LogP) is 3.09. The number of aryl methyl sites for hydroxylation is 2. The average Bonchev–Trinajstić information content (AvgIpc) is 2.79. The quantitative estimate of drug-likeness (QED) is 0.858. The number of H-pyrrole nitrogens is 1. The SMILES string of the molecule is COc1ccc(CC(C)Nc2c(C)n[nH]c2C)cc1OC. The monoisotopic (exact) mass is 289 g/mol. The van der Waals surface area contributed by atoms with Crippen LogP contribution < -0.4 is 14.8 Å². The molecule has 0 aliphatic carbocycles. The molecule has 0 aliphatic heterocycles. The third kappa shape index (κ3) is 3.48. The summed E-state index contributed by atoms with van der Waals surface area (Å²) in [4.78, 5) is 0. The number of methoxy groups -OCH3 is 2. The van der Waals surface area contributed by atoms with Gasteiger partial charge >= 0.3 is 0 Å². The van der Waals surface area contributed by atoms with Gasteiger partial charge in [-0.25, -0.2) is 0 Å². The zero-order valence-corrected chi connectivity index (χ0v) is 13.3. The molecule has 0 spiro atoms. The van der Waals surface area contributed by atoms with Crippen LogP contribution >= 0.6 is 0 Å². The van der Waals surface area contributed by atoms with Crippen molar-refractivity contribution in [3.8, 4) is 11.5 Å². The van der Waals surface area contributed by atoms with Crippen LogP contribution in [-0.2, 0) is 6.42 Å². The van der Waals surface area contributed by atoms with Crippen LogP contribution in [0.2, 0.25) is 0 Å². The number of nitrogens with zero attached hydrogens (tertiary/aromatic N) is 1. The lowest BCUT2D eigenvalue weighted by atomic mass is 10.1. The molecule has 2 rings (SSSR count). The Bertz CT molecular complexity index is 588. The number of rotatable bonds is 6. The first-order chi connectivity index (χ1) is 10.0. The molecule has 0 saturated carbocycles. The van der Waals surface area contributed by atoms with Gasteiger partial charge in [-0.05, 0) is 44.9 Å². The number of aromatic nitrogens is 2. The van der Waals surface area contributed by atoms with Crippen molar-refractivity contribution in [2.75, 3.05) is 19.5 Å². The van der Waals surface area contributed by atoms with Crippen molar-refractivity contribution in [2.45, 2.75) is 33.2 Å². The van der Waals surface area contributed by atoms with E-state index in [1.54, 1.807) is 14.2 Å². The normalized spacial score (nSPS) is 12.0. The summed E-state index contributed by atoms with van der Waals surface area (Å²) in [6.45, 7) is 6.17. The smallest absolute Gasteiger partial charge is 0.160 e. The summed E-state index contributed by atoms with van der Waals surface area (Å²) in [5, 5.41) is 10.7. The third-order valence-corrected chi connectivity index (χ3v) is 3.51. The summed E-state index contributed by atoms with van der Waals surface area (Å²) < 4.78 is 10.6. The van der Waals surface area contributed by atoms with E-state index in [1.807, 2.05) is 26.0 Å². The fraction of sp³-hybridized carbons (Fsp3) is 0.438. The van der Waals surface area contributed by atoms with Crippen LogP contribution in [0.15, 0.2) is 18.2 Å². The first-order valence-electron chi connectivity index (χ1n) is 7.04. The largest absolute Gasteiger partial charge is 0.493 e. The van der Waals surface area contributed by atoms with Crippen LogP contribution in [0.4, 0.5) is 5.69 Å². The van der Waals surface area contributed by atoms with E-state index in [2.05, 4.69) is 28.5 Å². The molecule has 21 heavy (non-hydrogen) atoms. The van der Waals surface area contributed by atoms with Gasteiger partial charge in [-0.15, -0.1) is 0 Å². The van der Waals surface area contributed by atoms with Crippen molar-refractivity contribution in [1.29, 1.82) is 0 Å². The number of ether oxygens (including phenoxy) is 2. The van der Waals surface area contributed by atoms with E-state index < -0.39 is 0 Å². The molecule has 0 saturated heterocycles. The summed E-state index contributed by atoms with van der Waals surface area (Å²) >= 11 is 0. The van der Waals surface area contributed by atoms with Crippen LogP contribution in [-0.4, -0.2) is 30.5 Å². The first-order valence-corrected chi connectivity index (χ1v) is 7.04. The van der Waals surface area contributed by atoms with E-state index >= 15 is 0 Å². The molecule has 1 aromatic heterocycles. The van der Waals surface area contributed by atoms with Crippen LogP contribution in [0.25, 0.3) is 0 Å². The van der Waals surface area contributed by atoms with Crippen molar-refractivity contribution in [3.63, 3.8) is 0 Å². The minimum absolute atomic E-state index is 0.290. The van der Waals surface area contributed by atoms with E-state index in [0.717, 1.165) is 35.0 Å². The molecule has 114 valence electrons. The van der Waals surface area contributed by atoms with Crippen molar-refractivity contribution in [3.05, 3.63) is 35.2 Å². The van der Waals surface area contributed by atoms with Crippen molar-refractivity contribution >= 4 is 5.69 Å². The van der Waals surface area contributed by atoms with E-state index in [4.69, 9.17) is 9.47 Å². The molecule has 0 bridgehead atoms. The van der Waals surface area contributed by atoms with Gasteiger partial charge in [0.25, 0.3) is 0 Å². The standard InChI is InChI=1S/C16H23N3O2/c1-10(17-16-11(2)18-19-12(16)3)8-13-6-7-14(20-4)15(9-13)21-5/h6-7,9-10,17H,8H2,1-5H3,(H,18,19). The Morgan fingerprint density at radius 2 is 1.90 bits per heavy atom. The Balaban J connectivity index is 2.07. The van der Waals surface area contributed by atoms with Crippen molar-refractivity contribution in [2.24, 2.45) is 0 Å². The summed E-state index contributed by atoms with van der Waals surface area (Å²) in [7, 11) is 3.30.